The summed E-state index contributed by atoms with van der Waals surface area (Å²) < 4.78 is 1.18. The first kappa shape index (κ1) is 17.2. The Balaban J connectivity index is 4.04. The second-order valence-corrected chi connectivity index (χ2v) is 5.16. The summed E-state index contributed by atoms with van der Waals surface area (Å²) in [5.41, 5.74) is 0.590. The quantitative estimate of drug-likeness (QED) is 0.363. The Morgan fingerprint density at radius 1 is 1.11 bits per heavy atom. The molecule has 0 aromatic heterocycles. The van der Waals surface area contributed by atoms with Crippen LogP contribution in [0.5, 0.6) is 0 Å². The van der Waals surface area contributed by atoms with Crippen molar-refractivity contribution < 1.29 is 9.28 Å². The van der Waals surface area contributed by atoms with Gasteiger partial charge in [0.05, 0.1) is 26.2 Å². The molecule has 0 aliphatic heterocycles. The molecule has 0 atom stereocenters. The molecule has 0 bridgehead atoms. The molecule has 0 rings (SSSR count). The largest absolute Gasteiger partial charge is 0.352 e. The van der Waals surface area contributed by atoms with Crippen molar-refractivity contribution in [1.82, 2.24) is 5.32 Å². The lowest BCUT2D eigenvalue weighted by Crippen LogP contribution is -2.49. The van der Waals surface area contributed by atoms with Crippen LogP contribution in [-0.2, 0) is 4.79 Å². The molecule has 0 saturated carbocycles. The van der Waals surface area contributed by atoms with Gasteiger partial charge in [-0.1, -0.05) is 19.9 Å². The monoisotopic (exact) mass is 255 g/mol. The van der Waals surface area contributed by atoms with Crippen molar-refractivity contribution in [2.75, 3.05) is 32.7 Å². The highest BCUT2D eigenvalue weighted by Gasteiger charge is 2.21. The Kier molecular flexibility index (Phi) is 8.73. The maximum Gasteiger partial charge on any atom is 0.246 e. The highest BCUT2D eigenvalue weighted by Crippen LogP contribution is 2.10. The first-order chi connectivity index (χ1) is 8.51. The number of amides is 1. The summed E-state index contributed by atoms with van der Waals surface area (Å²) in [4.78, 5) is 11.4. The molecule has 0 aliphatic rings. The Labute approximate surface area is 113 Å². The molecule has 3 nitrogen and oxygen atoms in total. The molecule has 1 N–H and O–H groups in total. The van der Waals surface area contributed by atoms with Gasteiger partial charge in [-0.3, -0.25) is 4.79 Å². The highest BCUT2D eigenvalue weighted by molar-refractivity contribution is 5.91. The van der Waals surface area contributed by atoms with E-state index in [0.29, 0.717) is 5.57 Å². The molecule has 106 valence electrons. The topological polar surface area (TPSA) is 29.1 Å². The minimum absolute atomic E-state index is 0.0188. The molecule has 0 unspecified atom stereocenters. The fraction of sp³-hybridized carbons (Fsp3) is 0.800. The zero-order valence-corrected chi connectivity index (χ0v) is 12.7. The van der Waals surface area contributed by atoms with Crippen molar-refractivity contribution in [1.29, 1.82) is 0 Å². The summed E-state index contributed by atoms with van der Waals surface area (Å²) in [6, 6.07) is 0. The van der Waals surface area contributed by atoms with Crippen LogP contribution in [0.25, 0.3) is 0 Å². The van der Waals surface area contributed by atoms with Gasteiger partial charge in [0.2, 0.25) is 5.91 Å². The SMILES string of the molecule is C=C(C)C(=O)NCCC[N+](CC)(CC)CCCC. The van der Waals surface area contributed by atoms with E-state index in [-0.39, 0.29) is 5.91 Å². The van der Waals surface area contributed by atoms with Gasteiger partial charge in [-0.15, -0.1) is 0 Å². The molecular formula is C15H31N2O+. The molecule has 0 saturated heterocycles. The Morgan fingerprint density at radius 3 is 2.11 bits per heavy atom. The zero-order chi connectivity index (χ0) is 14.0. The van der Waals surface area contributed by atoms with Crippen LogP contribution in [0.2, 0.25) is 0 Å². The van der Waals surface area contributed by atoms with Crippen molar-refractivity contribution in [2.24, 2.45) is 0 Å². The van der Waals surface area contributed by atoms with Crippen LogP contribution >= 0.6 is 0 Å². The number of carbonyl (C=O) groups is 1. The van der Waals surface area contributed by atoms with Gasteiger partial charge in [-0.25, -0.2) is 0 Å². The van der Waals surface area contributed by atoms with Crippen LogP contribution < -0.4 is 5.32 Å². The van der Waals surface area contributed by atoms with Gasteiger partial charge in [0, 0.05) is 18.5 Å². The average Bonchev–Trinajstić information content (AvgIpc) is 2.38. The molecule has 18 heavy (non-hydrogen) atoms. The molecule has 0 aromatic carbocycles. The molecule has 0 aromatic rings. The molecular weight excluding hydrogens is 224 g/mol. The Hall–Kier alpha value is -0.830. The predicted octanol–water partition coefficient (Wildman–Crippen LogP) is 2.73. The summed E-state index contributed by atoms with van der Waals surface area (Å²) in [6.07, 6.45) is 3.59. The third-order valence-corrected chi connectivity index (χ3v) is 3.81. The summed E-state index contributed by atoms with van der Waals surface area (Å²) in [7, 11) is 0. The maximum atomic E-state index is 11.4. The minimum atomic E-state index is -0.0188. The lowest BCUT2D eigenvalue weighted by atomic mass is 10.2. The molecule has 1 amide bonds. The summed E-state index contributed by atoms with van der Waals surface area (Å²) in [5.74, 6) is -0.0188. The first-order valence-electron chi connectivity index (χ1n) is 7.30. The van der Waals surface area contributed by atoms with Crippen molar-refractivity contribution in [3.05, 3.63) is 12.2 Å². The average molecular weight is 255 g/mol. The number of nitrogens with one attached hydrogen (secondary N) is 1. The van der Waals surface area contributed by atoms with E-state index >= 15 is 0 Å². The number of hydrogen-bond acceptors (Lipinski definition) is 1. The van der Waals surface area contributed by atoms with Gasteiger partial charge in [-0.2, -0.15) is 0 Å². The molecule has 0 heterocycles. The van der Waals surface area contributed by atoms with Crippen molar-refractivity contribution in [2.45, 2.75) is 47.0 Å². The van der Waals surface area contributed by atoms with E-state index in [1.807, 2.05) is 0 Å². The molecule has 0 spiro atoms. The normalized spacial score (nSPS) is 11.3. The van der Waals surface area contributed by atoms with Crippen LogP contribution in [0, 0.1) is 0 Å². The van der Waals surface area contributed by atoms with Crippen molar-refractivity contribution >= 4 is 5.91 Å². The number of nitrogens with zero attached hydrogens (tertiary/aromatic N) is 1. The van der Waals surface area contributed by atoms with Crippen LogP contribution in [0.4, 0.5) is 0 Å². The molecule has 0 aliphatic carbocycles. The van der Waals surface area contributed by atoms with E-state index in [1.54, 1.807) is 6.92 Å². The highest BCUT2D eigenvalue weighted by atomic mass is 16.1. The lowest BCUT2D eigenvalue weighted by molar-refractivity contribution is -0.925. The van der Waals surface area contributed by atoms with Crippen LogP contribution in [0.1, 0.15) is 47.0 Å². The zero-order valence-electron chi connectivity index (χ0n) is 12.7. The Bertz CT molecular complexity index is 257. The number of rotatable bonds is 10. The predicted molar refractivity (Wildman–Crippen MR) is 78.4 cm³/mol. The second kappa shape index (κ2) is 9.15. The van der Waals surface area contributed by atoms with E-state index in [4.69, 9.17) is 0 Å². The van der Waals surface area contributed by atoms with E-state index < -0.39 is 0 Å². The van der Waals surface area contributed by atoms with Crippen LogP contribution in [0.15, 0.2) is 12.2 Å². The third kappa shape index (κ3) is 6.20. The van der Waals surface area contributed by atoms with Crippen molar-refractivity contribution in [3.8, 4) is 0 Å². The van der Waals surface area contributed by atoms with Crippen LogP contribution in [-0.4, -0.2) is 43.1 Å². The summed E-state index contributed by atoms with van der Waals surface area (Å²) in [6.45, 7) is 17.7. The smallest absolute Gasteiger partial charge is 0.246 e. The third-order valence-electron chi connectivity index (χ3n) is 3.81. The maximum absolute atomic E-state index is 11.4. The van der Waals surface area contributed by atoms with Crippen molar-refractivity contribution in [3.63, 3.8) is 0 Å². The standard InChI is InChI=1S/C15H30N2O/c1-6-9-12-17(7-2,8-3)13-10-11-16-15(18)14(4)5/h4,6-13H2,1-3,5H3/p+1. The van der Waals surface area contributed by atoms with Gasteiger partial charge in [0.15, 0.2) is 0 Å². The minimum Gasteiger partial charge on any atom is -0.352 e. The fourth-order valence-electron chi connectivity index (χ4n) is 2.23. The van der Waals surface area contributed by atoms with E-state index in [1.165, 1.54) is 37.0 Å². The van der Waals surface area contributed by atoms with Gasteiger partial charge in [0.1, 0.15) is 0 Å². The number of carbonyl (C=O) groups excluding carboxylic acids is 1. The van der Waals surface area contributed by atoms with Gasteiger partial charge >= 0.3 is 0 Å². The van der Waals surface area contributed by atoms with Gasteiger partial charge in [0.25, 0.3) is 0 Å². The van der Waals surface area contributed by atoms with Gasteiger partial charge in [-0.05, 0) is 27.2 Å². The van der Waals surface area contributed by atoms with E-state index in [2.05, 4.69) is 32.7 Å². The van der Waals surface area contributed by atoms with Crippen LogP contribution in [0.3, 0.4) is 0 Å². The van der Waals surface area contributed by atoms with E-state index in [0.717, 1.165) is 19.5 Å². The lowest BCUT2D eigenvalue weighted by Gasteiger charge is -2.37. The molecule has 3 heteroatoms. The second-order valence-electron chi connectivity index (χ2n) is 5.16. The number of hydrogen-bond donors (Lipinski definition) is 1. The number of unbranched alkanes of at least 4 members (excludes halogenated alkanes) is 1. The summed E-state index contributed by atoms with van der Waals surface area (Å²) in [5, 5.41) is 2.91. The Morgan fingerprint density at radius 2 is 1.67 bits per heavy atom. The first-order valence-corrected chi connectivity index (χ1v) is 7.30. The molecule has 0 fully saturated rings. The fourth-order valence-corrected chi connectivity index (χ4v) is 2.23. The molecule has 0 radical (unpaired) electrons. The number of quaternary nitrogens is 1. The van der Waals surface area contributed by atoms with E-state index in [9.17, 15) is 4.79 Å². The van der Waals surface area contributed by atoms with Gasteiger partial charge < -0.3 is 9.80 Å². The summed E-state index contributed by atoms with van der Waals surface area (Å²) >= 11 is 0.